The number of rotatable bonds is 12. The number of nitrogens with zero attached hydrogens (tertiary/aromatic N) is 2. The summed E-state index contributed by atoms with van der Waals surface area (Å²) >= 11 is 16.2. The number of carbonyl (C=O) groups is 2. The highest BCUT2D eigenvalue weighted by atomic mass is 79.9. The topological polar surface area (TPSA) is 86.8 Å². The Morgan fingerprint density at radius 1 is 0.830 bits per heavy atom. The number of benzene rings is 4. The highest BCUT2D eigenvalue weighted by molar-refractivity contribution is 9.10. The van der Waals surface area contributed by atoms with E-state index in [1.165, 1.54) is 35.2 Å². The van der Waals surface area contributed by atoms with Gasteiger partial charge in [0.1, 0.15) is 12.6 Å². The van der Waals surface area contributed by atoms with Crippen LogP contribution in [0.15, 0.2) is 112 Å². The van der Waals surface area contributed by atoms with Gasteiger partial charge in [-0.2, -0.15) is 0 Å². The van der Waals surface area contributed by atoms with Crippen LogP contribution in [-0.2, 0) is 32.6 Å². The normalized spacial score (nSPS) is 14.3. The largest absolute Gasteiger partial charge is 0.352 e. The van der Waals surface area contributed by atoms with Gasteiger partial charge in [-0.1, -0.05) is 119 Å². The summed E-state index contributed by atoms with van der Waals surface area (Å²) in [6.45, 7) is -0.521. The molecule has 47 heavy (non-hydrogen) atoms. The lowest BCUT2D eigenvalue weighted by molar-refractivity contribution is -0.140. The highest BCUT2D eigenvalue weighted by Gasteiger charge is 2.36. The zero-order valence-corrected chi connectivity index (χ0v) is 29.6. The highest BCUT2D eigenvalue weighted by Crippen LogP contribution is 2.33. The molecule has 0 spiro atoms. The zero-order chi connectivity index (χ0) is 33.4. The molecule has 5 rings (SSSR count). The first-order chi connectivity index (χ1) is 22.6. The third-order valence-corrected chi connectivity index (χ3v) is 11.1. The molecule has 0 bridgehead atoms. The fourth-order valence-corrected chi connectivity index (χ4v) is 8.08. The third-order valence-electron chi connectivity index (χ3n) is 8.28. The van der Waals surface area contributed by atoms with Gasteiger partial charge in [-0.25, -0.2) is 8.42 Å². The Hall–Kier alpha value is -3.37. The van der Waals surface area contributed by atoms with Gasteiger partial charge in [-0.3, -0.25) is 13.9 Å². The molecule has 1 saturated carbocycles. The SMILES string of the molecule is O=C(NC1CCCCC1)[C@@H](Cc1ccccc1)N(Cc1ccc(Br)cc1)C(=O)CN(c1ccc(Cl)cc1Cl)S(=O)(=O)c1ccccc1. The van der Waals surface area contributed by atoms with Crippen molar-refractivity contribution >= 4 is 66.7 Å². The van der Waals surface area contributed by atoms with Gasteiger partial charge < -0.3 is 10.2 Å². The molecule has 0 heterocycles. The fraction of sp³-hybridized carbons (Fsp3) is 0.278. The van der Waals surface area contributed by atoms with Crippen LogP contribution in [0.4, 0.5) is 5.69 Å². The van der Waals surface area contributed by atoms with Crippen LogP contribution in [-0.4, -0.2) is 43.8 Å². The van der Waals surface area contributed by atoms with E-state index >= 15 is 0 Å². The first kappa shape index (κ1) is 35.0. The van der Waals surface area contributed by atoms with Crippen molar-refractivity contribution in [1.29, 1.82) is 0 Å². The smallest absolute Gasteiger partial charge is 0.264 e. The summed E-state index contributed by atoms with van der Waals surface area (Å²) in [5.74, 6) is -0.827. The second-order valence-electron chi connectivity index (χ2n) is 11.6. The van der Waals surface area contributed by atoms with E-state index in [2.05, 4.69) is 21.2 Å². The number of sulfonamides is 1. The van der Waals surface area contributed by atoms with Crippen LogP contribution in [0.25, 0.3) is 0 Å². The molecule has 1 fully saturated rings. The first-order valence-electron chi connectivity index (χ1n) is 15.5. The van der Waals surface area contributed by atoms with Gasteiger partial charge in [0.05, 0.1) is 15.6 Å². The van der Waals surface area contributed by atoms with Gasteiger partial charge >= 0.3 is 0 Å². The Morgan fingerprint density at radius 3 is 2.11 bits per heavy atom. The predicted octanol–water partition coefficient (Wildman–Crippen LogP) is 8.04. The Kier molecular flexibility index (Phi) is 12.0. The molecule has 4 aromatic rings. The summed E-state index contributed by atoms with van der Waals surface area (Å²) in [4.78, 5) is 30.3. The van der Waals surface area contributed by atoms with E-state index in [1.54, 1.807) is 18.2 Å². The summed E-state index contributed by atoms with van der Waals surface area (Å²) in [7, 11) is -4.27. The molecule has 4 aromatic carbocycles. The molecule has 0 unspecified atom stereocenters. The van der Waals surface area contributed by atoms with Crippen molar-refractivity contribution in [2.75, 3.05) is 10.8 Å². The van der Waals surface area contributed by atoms with Crippen molar-refractivity contribution in [3.8, 4) is 0 Å². The van der Waals surface area contributed by atoms with Crippen molar-refractivity contribution in [1.82, 2.24) is 10.2 Å². The molecular formula is C36H36BrCl2N3O4S. The van der Waals surface area contributed by atoms with E-state index in [-0.39, 0.29) is 40.5 Å². The third kappa shape index (κ3) is 9.16. The molecule has 0 radical (unpaired) electrons. The second kappa shape index (κ2) is 16.2. The van der Waals surface area contributed by atoms with Crippen LogP contribution in [0.5, 0.6) is 0 Å². The standard InChI is InChI=1S/C36H36BrCl2N3O4S/c37-28-18-16-27(17-19-28)24-41(34(22-26-10-4-1-5-11-26)36(44)40-30-12-6-2-7-13-30)35(43)25-42(33-21-20-29(38)23-32(33)39)47(45,46)31-14-8-3-9-15-31/h1,3-5,8-11,14-21,23,30,34H,2,6-7,12-13,22,24-25H2,(H,40,44)/t34-/m1/s1. The van der Waals surface area contributed by atoms with Crippen LogP contribution in [0.3, 0.4) is 0 Å². The number of hydrogen-bond acceptors (Lipinski definition) is 4. The molecule has 0 aliphatic heterocycles. The van der Waals surface area contributed by atoms with Crippen LogP contribution in [0.1, 0.15) is 43.2 Å². The number of carbonyl (C=O) groups excluding carboxylic acids is 2. The minimum atomic E-state index is -4.27. The van der Waals surface area contributed by atoms with Crippen LogP contribution < -0.4 is 9.62 Å². The molecule has 1 N–H and O–H groups in total. The second-order valence-corrected chi connectivity index (χ2v) is 15.2. The maximum absolute atomic E-state index is 14.6. The minimum Gasteiger partial charge on any atom is -0.352 e. The molecule has 1 atom stereocenters. The molecule has 1 aliphatic rings. The lowest BCUT2D eigenvalue weighted by Crippen LogP contribution is -2.55. The number of halogens is 3. The fourth-order valence-electron chi connectivity index (χ4n) is 5.80. The summed E-state index contributed by atoms with van der Waals surface area (Å²) in [6.07, 6.45) is 5.20. The van der Waals surface area contributed by atoms with Crippen LogP contribution >= 0.6 is 39.1 Å². The van der Waals surface area contributed by atoms with Crippen molar-refractivity contribution in [3.05, 3.63) is 129 Å². The lowest BCUT2D eigenvalue weighted by atomic mass is 9.94. The number of amides is 2. The van der Waals surface area contributed by atoms with Crippen molar-refractivity contribution in [3.63, 3.8) is 0 Å². The molecule has 0 aromatic heterocycles. The molecule has 11 heteroatoms. The lowest BCUT2D eigenvalue weighted by Gasteiger charge is -2.35. The monoisotopic (exact) mass is 755 g/mol. The number of anilines is 1. The Labute approximate surface area is 295 Å². The Bertz CT molecular complexity index is 1770. The van der Waals surface area contributed by atoms with Gasteiger partial charge in [-0.05, 0) is 66.4 Å². The minimum absolute atomic E-state index is 0.00541. The van der Waals surface area contributed by atoms with E-state index in [1.807, 2.05) is 54.6 Å². The van der Waals surface area contributed by atoms with Crippen molar-refractivity contribution < 1.29 is 18.0 Å². The maximum atomic E-state index is 14.6. The van der Waals surface area contributed by atoms with Gasteiger partial charge in [0.15, 0.2) is 0 Å². The summed E-state index contributed by atoms with van der Waals surface area (Å²) in [5, 5.41) is 3.61. The Morgan fingerprint density at radius 2 is 1.47 bits per heavy atom. The van der Waals surface area contributed by atoms with E-state index < -0.39 is 28.5 Å². The Balaban J connectivity index is 1.57. The number of hydrogen-bond donors (Lipinski definition) is 1. The maximum Gasteiger partial charge on any atom is 0.264 e. The van der Waals surface area contributed by atoms with Crippen LogP contribution in [0, 0.1) is 0 Å². The van der Waals surface area contributed by atoms with Gasteiger partial charge in [0, 0.05) is 28.5 Å². The van der Waals surface area contributed by atoms with Crippen LogP contribution in [0.2, 0.25) is 10.0 Å². The summed E-state index contributed by atoms with van der Waals surface area (Å²) in [6, 6.07) is 28.4. The summed E-state index contributed by atoms with van der Waals surface area (Å²) < 4.78 is 30.2. The molecule has 7 nitrogen and oxygen atoms in total. The van der Waals surface area contributed by atoms with Crippen molar-refractivity contribution in [2.45, 2.75) is 62.0 Å². The molecular weight excluding hydrogens is 721 g/mol. The van der Waals surface area contributed by atoms with Gasteiger partial charge in [0.2, 0.25) is 11.8 Å². The quantitative estimate of drug-likeness (QED) is 0.159. The summed E-state index contributed by atoms with van der Waals surface area (Å²) in [5.41, 5.74) is 1.76. The average Bonchev–Trinajstić information content (AvgIpc) is 3.07. The first-order valence-corrected chi connectivity index (χ1v) is 18.5. The zero-order valence-electron chi connectivity index (χ0n) is 25.7. The van der Waals surface area contributed by atoms with E-state index in [4.69, 9.17) is 23.2 Å². The molecule has 246 valence electrons. The van der Waals surface area contributed by atoms with E-state index in [9.17, 15) is 18.0 Å². The van der Waals surface area contributed by atoms with Gasteiger partial charge in [-0.15, -0.1) is 0 Å². The average molecular weight is 758 g/mol. The number of nitrogens with one attached hydrogen (secondary N) is 1. The van der Waals surface area contributed by atoms with Gasteiger partial charge in [0.25, 0.3) is 10.0 Å². The molecule has 2 amide bonds. The molecule has 0 saturated heterocycles. The molecule has 1 aliphatic carbocycles. The van der Waals surface area contributed by atoms with E-state index in [0.29, 0.717) is 5.02 Å². The van der Waals surface area contributed by atoms with Crippen molar-refractivity contribution in [2.24, 2.45) is 0 Å². The predicted molar refractivity (Wildman–Crippen MR) is 191 cm³/mol. The van der Waals surface area contributed by atoms with E-state index in [0.717, 1.165) is 52.0 Å².